The number of para-hydroxylation sites is 1. The second kappa shape index (κ2) is 8.57. The summed E-state index contributed by atoms with van der Waals surface area (Å²) in [5, 5.41) is 2.94. The Labute approximate surface area is 173 Å². The molecule has 2 amide bonds. The Bertz CT molecular complexity index is 1010. The van der Waals surface area contributed by atoms with Crippen LogP contribution in [0.15, 0.2) is 66.7 Å². The van der Waals surface area contributed by atoms with Gasteiger partial charge in [-0.1, -0.05) is 36.4 Å². The molecule has 0 saturated carbocycles. The number of nitrogens with zero attached hydrogens (tertiary/aromatic N) is 1. The first kappa shape index (κ1) is 19.3. The molecule has 0 aliphatic carbocycles. The molecule has 0 spiro atoms. The fraction of sp³-hybridized carbons (Fsp3) is 0.217. The maximum atomic E-state index is 14.0. The third kappa shape index (κ3) is 4.38. The lowest BCUT2D eigenvalue weighted by molar-refractivity contribution is -0.121. The van der Waals surface area contributed by atoms with Crippen molar-refractivity contribution in [2.45, 2.75) is 12.8 Å². The summed E-state index contributed by atoms with van der Waals surface area (Å²) in [6, 6.07) is 19.5. The van der Waals surface area contributed by atoms with Gasteiger partial charge in [-0.15, -0.1) is 11.3 Å². The van der Waals surface area contributed by atoms with Gasteiger partial charge in [-0.05, 0) is 43.2 Å². The number of likely N-dealkylation sites (tertiary alicyclic amines) is 1. The molecule has 2 aromatic carbocycles. The number of anilines is 1. The van der Waals surface area contributed by atoms with Gasteiger partial charge >= 0.3 is 0 Å². The van der Waals surface area contributed by atoms with Crippen LogP contribution < -0.4 is 5.32 Å². The molecule has 2 heterocycles. The summed E-state index contributed by atoms with van der Waals surface area (Å²) in [6.07, 6.45) is 1.27. The van der Waals surface area contributed by atoms with Crippen molar-refractivity contribution in [3.8, 4) is 10.4 Å². The van der Waals surface area contributed by atoms with Crippen molar-refractivity contribution in [3.05, 3.63) is 77.4 Å². The van der Waals surface area contributed by atoms with Crippen LogP contribution in [0.5, 0.6) is 0 Å². The van der Waals surface area contributed by atoms with Gasteiger partial charge in [0.05, 0.1) is 4.88 Å². The number of amides is 2. The molecular weight excluding hydrogens is 387 g/mol. The lowest BCUT2D eigenvalue weighted by Gasteiger charge is -2.31. The number of piperidine rings is 1. The number of carbonyl (C=O) groups is 2. The van der Waals surface area contributed by atoms with Crippen molar-refractivity contribution in [3.63, 3.8) is 0 Å². The fourth-order valence-corrected chi connectivity index (χ4v) is 4.53. The Kier molecular flexibility index (Phi) is 5.71. The van der Waals surface area contributed by atoms with E-state index in [0.29, 0.717) is 36.4 Å². The zero-order valence-electron chi connectivity index (χ0n) is 15.8. The van der Waals surface area contributed by atoms with E-state index in [4.69, 9.17) is 0 Å². The monoisotopic (exact) mass is 408 g/mol. The number of halogens is 1. The van der Waals surface area contributed by atoms with Gasteiger partial charge in [0.25, 0.3) is 5.91 Å². The molecule has 6 heteroatoms. The number of carbonyl (C=O) groups excluding carboxylic acids is 2. The first-order valence-electron chi connectivity index (χ1n) is 9.62. The van der Waals surface area contributed by atoms with Gasteiger partial charge in [-0.25, -0.2) is 4.39 Å². The van der Waals surface area contributed by atoms with Crippen LogP contribution in [0.25, 0.3) is 10.4 Å². The lowest BCUT2D eigenvalue weighted by atomic mass is 9.95. The summed E-state index contributed by atoms with van der Waals surface area (Å²) in [6.45, 7) is 1.08. The molecule has 0 radical (unpaired) electrons. The third-order valence-corrected chi connectivity index (χ3v) is 6.26. The van der Waals surface area contributed by atoms with E-state index < -0.39 is 0 Å². The van der Waals surface area contributed by atoms with Crippen molar-refractivity contribution in [2.24, 2.45) is 5.92 Å². The number of rotatable bonds is 4. The second-order valence-electron chi connectivity index (χ2n) is 7.07. The standard InChI is InChI=1S/C23H21FN2O2S/c24-19-9-5-4-8-18(19)20-10-11-21(29-20)23(28)26-14-12-16(13-15-26)22(27)25-17-6-2-1-3-7-17/h1-11,16H,12-15H2,(H,25,27). The number of hydrogen-bond donors (Lipinski definition) is 1. The highest BCUT2D eigenvalue weighted by molar-refractivity contribution is 7.17. The smallest absolute Gasteiger partial charge is 0.263 e. The molecular formula is C23H21FN2O2S. The molecule has 1 aliphatic rings. The molecule has 1 aliphatic heterocycles. The second-order valence-corrected chi connectivity index (χ2v) is 8.15. The molecule has 148 valence electrons. The van der Waals surface area contributed by atoms with Crippen LogP contribution in [-0.2, 0) is 4.79 Å². The molecule has 0 bridgehead atoms. The number of thiophene rings is 1. The normalized spacial score (nSPS) is 14.6. The van der Waals surface area contributed by atoms with E-state index in [1.54, 1.807) is 35.2 Å². The van der Waals surface area contributed by atoms with Crippen LogP contribution >= 0.6 is 11.3 Å². The average molecular weight is 408 g/mol. The molecule has 4 rings (SSSR count). The van der Waals surface area contributed by atoms with Gasteiger partial charge in [0.1, 0.15) is 5.82 Å². The van der Waals surface area contributed by atoms with Crippen molar-refractivity contribution < 1.29 is 14.0 Å². The topological polar surface area (TPSA) is 49.4 Å². The largest absolute Gasteiger partial charge is 0.338 e. The van der Waals surface area contributed by atoms with Crippen LogP contribution in [0, 0.1) is 11.7 Å². The van der Waals surface area contributed by atoms with Gasteiger partial charge in [-0.2, -0.15) is 0 Å². The zero-order chi connectivity index (χ0) is 20.2. The first-order valence-corrected chi connectivity index (χ1v) is 10.4. The van der Waals surface area contributed by atoms with Gasteiger partial charge in [0, 0.05) is 35.1 Å². The summed E-state index contributed by atoms with van der Waals surface area (Å²) in [5.74, 6) is -0.448. The summed E-state index contributed by atoms with van der Waals surface area (Å²) in [4.78, 5) is 28.4. The highest BCUT2D eigenvalue weighted by Gasteiger charge is 2.28. The van der Waals surface area contributed by atoms with Crippen molar-refractivity contribution in [1.29, 1.82) is 0 Å². The Morgan fingerprint density at radius 3 is 2.34 bits per heavy atom. The van der Waals surface area contributed by atoms with Crippen LogP contribution in [0.2, 0.25) is 0 Å². The maximum absolute atomic E-state index is 14.0. The molecule has 1 fully saturated rings. The summed E-state index contributed by atoms with van der Waals surface area (Å²) in [5.41, 5.74) is 1.29. The lowest BCUT2D eigenvalue weighted by Crippen LogP contribution is -2.41. The first-order chi connectivity index (χ1) is 14.1. The third-order valence-electron chi connectivity index (χ3n) is 5.15. The number of benzene rings is 2. The average Bonchev–Trinajstić information content (AvgIpc) is 3.24. The van der Waals surface area contributed by atoms with Crippen LogP contribution in [0.1, 0.15) is 22.5 Å². The molecule has 3 aromatic rings. The SMILES string of the molecule is O=C(Nc1ccccc1)C1CCN(C(=O)c2ccc(-c3ccccc3F)s2)CC1. The molecule has 0 unspecified atom stereocenters. The van der Waals surface area contributed by atoms with Crippen LogP contribution in [0.4, 0.5) is 10.1 Å². The van der Waals surface area contributed by atoms with Crippen molar-refractivity contribution >= 4 is 28.8 Å². The minimum Gasteiger partial charge on any atom is -0.338 e. The van der Waals surface area contributed by atoms with Gasteiger partial charge in [0.15, 0.2) is 0 Å². The molecule has 1 aromatic heterocycles. The summed E-state index contributed by atoms with van der Waals surface area (Å²) >= 11 is 1.30. The summed E-state index contributed by atoms with van der Waals surface area (Å²) in [7, 11) is 0. The molecule has 0 atom stereocenters. The van der Waals surface area contributed by atoms with E-state index in [1.807, 2.05) is 30.3 Å². The van der Waals surface area contributed by atoms with Crippen molar-refractivity contribution in [1.82, 2.24) is 4.90 Å². The van der Waals surface area contributed by atoms with E-state index in [-0.39, 0.29) is 23.5 Å². The van der Waals surface area contributed by atoms with E-state index in [1.165, 1.54) is 17.4 Å². The summed E-state index contributed by atoms with van der Waals surface area (Å²) < 4.78 is 14.0. The molecule has 4 nitrogen and oxygen atoms in total. The minimum atomic E-state index is -0.293. The highest BCUT2D eigenvalue weighted by atomic mass is 32.1. The maximum Gasteiger partial charge on any atom is 0.263 e. The van der Waals surface area contributed by atoms with Crippen molar-refractivity contribution in [2.75, 3.05) is 18.4 Å². The Morgan fingerprint density at radius 2 is 1.62 bits per heavy atom. The molecule has 29 heavy (non-hydrogen) atoms. The predicted molar refractivity (Wildman–Crippen MR) is 113 cm³/mol. The Balaban J connectivity index is 1.36. The van der Waals surface area contributed by atoms with Crippen LogP contribution in [0.3, 0.4) is 0 Å². The van der Waals surface area contributed by atoms with E-state index in [9.17, 15) is 14.0 Å². The predicted octanol–water partition coefficient (Wildman–Crippen LogP) is 5.05. The number of nitrogens with one attached hydrogen (secondary N) is 1. The molecule has 1 saturated heterocycles. The van der Waals surface area contributed by atoms with E-state index >= 15 is 0 Å². The van der Waals surface area contributed by atoms with Gasteiger partial charge in [0.2, 0.25) is 5.91 Å². The highest BCUT2D eigenvalue weighted by Crippen LogP contribution is 2.31. The minimum absolute atomic E-state index is 0.00117. The van der Waals surface area contributed by atoms with E-state index in [0.717, 1.165) is 10.6 Å². The van der Waals surface area contributed by atoms with Gasteiger partial charge in [-0.3, -0.25) is 9.59 Å². The molecule has 1 N–H and O–H groups in total. The zero-order valence-corrected chi connectivity index (χ0v) is 16.6. The number of hydrogen-bond acceptors (Lipinski definition) is 3. The Hall–Kier alpha value is -2.99. The van der Waals surface area contributed by atoms with Gasteiger partial charge < -0.3 is 10.2 Å². The van der Waals surface area contributed by atoms with E-state index in [2.05, 4.69) is 5.32 Å². The fourth-order valence-electron chi connectivity index (χ4n) is 3.53. The van der Waals surface area contributed by atoms with Crippen LogP contribution in [-0.4, -0.2) is 29.8 Å². The Morgan fingerprint density at radius 1 is 0.931 bits per heavy atom. The quantitative estimate of drug-likeness (QED) is 0.657.